The smallest absolute Gasteiger partial charge is 0.302 e. The average molecular weight is 374 g/mol. The lowest BCUT2D eigenvalue weighted by Crippen LogP contribution is -2.55. The van der Waals surface area contributed by atoms with Crippen molar-refractivity contribution in [2.75, 3.05) is 0 Å². The highest BCUT2D eigenvalue weighted by atomic mass is 16.5. The average Bonchev–Trinajstić information content (AvgIpc) is 2.89. The molecule has 148 valence electrons. The number of allylic oxidation sites excluding steroid dienone is 1. The Bertz CT molecular complexity index is 695. The number of rotatable bonds is 2. The maximum atomic E-state index is 11.9. The zero-order valence-corrected chi connectivity index (χ0v) is 16.5. The van der Waals surface area contributed by atoms with E-state index in [9.17, 15) is 14.4 Å². The molecule has 3 fully saturated rings. The summed E-state index contributed by atoms with van der Waals surface area (Å²) >= 11 is 0. The molecule has 0 aliphatic heterocycles. The van der Waals surface area contributed by atoms with Crippen LogP contribution in [0.3, 0.4) is 0 Å². The Morgan fingerprint density at radius 1 is 1.04 bits per heavy atom. The quantitative estimate of drug-likeness (QED) is 0.691. The Morgan fingerprint density at radius 2 is 1.78 bits per heavy atom. The van der Waals surface area contributed by atoms with Crippen LogP contribution >= 0.6 is 0 Å². The summed E-state index contributed by atoms with van der Waals surface area (Å²) in [5.74, 6) is 1.35. The first-order chi connectivity index (χ1) is 12.8. The molecule has 0 amide bonds. The van der Waals surface area contributed by atoms with E-state index in [2.05, 4.69) is 6.92 Å². The summed E-state index contributed by atoms with van der Waals surface area (Å²) in [6, 6.07) is 0. The molecule has 0 aromatic rings. The first-order valence-corrected chi connectivity index (χ1v) is 10.4. The lowest BCUT2D eigenvalue weighted by Gasteiger charge is -2.56. The number of esters is 2. The molecular formula is C22H30O5. The third-order valence-electron chi connectivity index (χ3n) is 7.78. The molecule has 0 spiro atoms. The van der Waals surface area contributed by atoms with Crippen molar-refractivity contribution in [1.29, 1.82) is 0 Å². The zero-order chi connectivity index (χ0) is 19.3. The van der Waals surface area contributed by atoms with Gasteiger partial charge in [-0.15, -0.1) is 0 Å². The number of ether oxygens (including phenoxy) is 2. The van der Waals surface area contributed by atoms with E-state index < -0.39 is 0 Å². The molecule has 27 heavy (non-hydrogen) atoms. The van der Waals surface area contributed by atoms with Crippen molar-refractivity contribution < 1.29 is 23.9 Å². The van der Waals surface area contributed by atoms with Gasteiger partial charge in [-0.2, -0.15) is 0 Å². The van der Waals surface area contributed by atoms with Gasteiger partial charge < -0.3 is 9.47 Å². The van der Waals surface area contributed by atoms with Gasteiger partial charge in [-0.3, -0.25) is 14.4 Å². The number of carbonyl (C=O) groups excluding carboxylic acids is 3. The Kier molecular flexibility index (Phi) is 4.68. The summed E-state index contributed by atoms with van der Waals surface area (Å²) in [5, 5.41) is 0. The summed E-state index contributed by atoms with van der Waals surface area (Å²) in [4.78, 5) is 35.4. The van der Waals surface area contributed by atoms with Crippen molar-refractivity contribution in [3.63, 3.8) is 0 Å². The Morgan fingerprint density at radius 3 is 2.48 bits per heavy atom. The van der Waals surface area contributed by atoms with Gasteiger partial charge in [-0.1, -0.05) is 12.5 Å². The minimum atomic E-state index is -0.245. The summed E-state index contributed by atoms with van der Waals surface area (Å²) in [7, 11) is 0. The highest BCUT2D eigenvalue weighted by molar-refractivity contribution is 5.91. The van der Waals surface area contributed by atoms with Crippen molar-refractivity contribution in [3.8, 4) is 0 Å². The molecule has 0 N–H and O–H groups in total. The fourth-order valence-electron chi connectivity index (χ4n) is 6.91. The van der Waals surface area contributed by atoms with Crippen molar-refractivity contribution in [2.24, 2.45) is 29.1 Å². The van der Waals surface area contributed by atoms with Gasteiger partial charge in [-0.05, 0) is 62.4 Å². The molecule has 4 aliphatic carbocycles. The number of hydrogen-bond donors (Lipinski definition) is 0. The highest BCUT2D eigenvalue weighted by Gasteiger charge is 2.61. The molecule has 0 aromatic heterocycles. The number of hydrogen-bond acceptors (Lipinski definition) is 5. The first-order valence-electron chi connectivity index (χ1n) is 10.4. The Balaban J connectivity index is 1.68. The lowest BCUT2D eigenvalue weighted by molar-refractivity contribution is -0.179. The SMILES string of the molecule is CC(=O)O[C@@H]1C[C@@]2(C)[C@H](CC[C@H]2OC(C)=O)[C@@H]2CCC3=CC(=O)CC[C@@H]3[C@H]21. The molecule has 0 bridgehead atoms. The second kappa shape index (κ2) is 6.75. The van der Waals surface area contributed by atoms with Crippen molar-refractivity contribution in [3.05, 3.63) is 11.6 Å². The normalized spacial score (nSPS) is 43.1. The summed E-state index contributed by atoms with van der Waals surface area (Å²) in [6.45, 7) is 5.18. The van der Waals surface area contributed by atoms with E-state index in [1.54, 1.807) is 0 Å². The fourth-order valence-corrected chi connectivity index (χ4v) is 6.91. The largest absolute Gasteiger partial charge is 0.462 e. The summed E-state index contributed by atoms with van der Waals surface area (Å²) in [6.07, 6.45) is 7.78. The molecule has 0 radical (unpaired) electrons. The summed E-state index contributed by atoms with van der Waals surface area (Å²) < 4.78 is 11.6. The van der Waals surface area contributed by atoms with Gasteiger partial charge in [0.15, 0.2) is 5.78 Å². The van der Waals surface area contributed by atoms with E-state index in [-0.39, 0.29) is 41.3 Å². The predicted molar refractivity (Wildman–Crippen MR) is 98.6 cm³/mol. The second-order valence-corrected chi connectivity index (χ2v) is 9.25. The number of carbonyl (C=O) groups is 3. The third kappa shape index (κ3) is 3.13. The second-order valence-electron chi connectivity index (χ2n) is 9.25. The molecule has 5 heteroatoms. The van der Waals surface area contributed by atoms with Crippen LogP contribution in [0.5, 0.6) is 0 Å². The topological polar surface area (TPSA) is 69.7 Å². The highest BCUT2D eigenvalue weighted by Crippen LogP contribution is 2.62. The van der Waals surface area contributed by atoms with Gasteiger partial charge >= 0.3 is 11.9 Å². The molecule has 0 aromatic carbocycles. The fraction of sp³-hybridized carbons (Fsp3) is 0.773. The van der Waals surface area contributed by atoms with Crippen LogP contribution in [0.4, 0.5) is 0 Å². The molecule has 4 aliphatic rings. The van der Waals surface area contributed by atoms with E-state index in [1.807, 2.05) is 6.08 Å². The first kappa shape index (κ1) is 18.7. The van der Waals surface area contributed by atoms with Gasteiger partial charge in [0.2, 0.25) is 0 Å². The lowest BCUT2D eigenvalue weighted by atomic mass is 9.51. The molecule has 3 saturated carbocycles. The third-order valence-corrected chi connectivity index (χ3v) is 7.78. The van der Waals surface area contributed by atoms with Crippen molar-refractivity contribution >= 4 is 17.7 Å². The molecule has 0 heterocycles. The van der Waals surface area contributed by atoms with E-state index in [0.29, 0.717) is 24.2 Å². The van der Waals surface area contributed by atoms with Crippen LogP contribution in [0.2, 0.25) is 0 Å². The van der Waals surface area contributed by atoms with Crippen LogP contribution < -0.4 is 0 Å². The van der Waals surface area contributed by atoms with Crippen LogP contribution in [-0.2, 0) is 23.9 Å². The molecule has 0 unspecified atom stereocenters. The number of ketones is 1. The monoisotopic (exact) mass is 374 g/mol. The van der Waals surface area contributed by atoms with Crippen LogP contribution in [-0.4, -0.2) is 29.9 Å². The van der Waals surface area contributed by atoms with Crippen LogP contribution in [0, 0.1) is 29.1 Å². The number of fused-ring (bicyclic) bond motifs is 5. The van der Waals surface area contributed by atoms with E-state index >= 15 is 0 Å². The van der Waals surface area contributed by atoms with E-state index in [1.165, 1.54) is 19.4 Å². The summed E-state index contributed by atoms with van der Waals surface area (Å²) in [5.41, 5.74) is 1.13. The van der Waals surface area contributed by atoms with Crippen LogP contribution in [0.15, 0.2) is 11.6 Å². The zero-order valence-electron chi connectivity index (χ0n) is 16.5. The minimum absolute atomic E-state index is 0.0936. The maximum absolute atomic E-state index is 11.9. The van der Waals surface area contributed by atoms with Crippen molar-refractivity contribution in [2.45, 2.75) is 77.9 Å². The van der Waals surface area contributed by atoms with Gasteiger partial charge in [0, 0.05) is 31.6 Å². The van der Waals surface area contributed by atoms with E-state index in [0.717, 1.165) is 38.5 Å². The molecular weight excluding hydrogens is 344 g/mol. The molecule has 4 rings (SSSR count). The van der Waals surface area contributed by atoms with Crippen LogP contribution in [0.1, 0.15) is 65.7 Å². The Hall–Kier alpha value is -1.65. The van der Waals surface area contributed by atoms with Gasteiger partial charge in [0.1, 0.15) is 12.2 Å². The van der Waals surface area contributed by atoms with Gasteiger partial charge in [0.05, 0.1) is 0 Å². The molecule has 7 atom stereocenters. The standard InChI is InChI=1S/C22H30O5/c1-12(23)26-19-11-22(3)18(8-9-20(22)27-13(2)24)17-6-4-14-10-15(25)5-7-16(14)21(17)19/h10,16-21H,4-9,11H2,1-3H3/t16-,17-,18+,19+,20+,21+,22-/m0/s1. The van der Waals surface area contributed by atoms with E-state index in [4.69, 9.17) is 9.47 Å². The van der Waals surface area contributed by atoms with Crippen LogP contribution in [0.25, 0.3) is 0 Å². The molecule has 0 saturated heterocycles. The van der Waals surface area contributed by atoms with Gasteiger partial charge in [0.25, 0.3) is 0 Å². The van der Waals surface area contributed by atoms with Crippen molar-refractivity contribution in [1.82, 2.24) is 0 Å². The molecule has 5 nitrogen and oxygen atoms in total. The maximum Gasteiger partial charge on any atom is 0.302 e. The van der Waals surface area contributed by atoms with Gasteiger partial charge in [-0.25, -0.2) is 0 Å². The Labute approximate surface area is 160 Å². The predicted octanol–water partition coefficient (Wildman–Crippen LogP) is 3.60. The minimum Gasteiger partial charge on any atom is -0.462 e.